The summed E-state index contributed by atoms with van der Waals surface area (Å²) in [7, 11) is 0. The van der Waals surface area contributed by atoms with Gasteiger partial charge < -0.3 is 14.2 Å². The third-order valence-electron chi connectivity index (χ3n) is 3.03. The highest BCUT2D eigenvalue weighted by molar-refractivity contribution is 14.1. The lowest BCUT2D eigenvalue weighted by Gasteiger charge is -2.21. The molecule has 0 aromatic heterocycles. The Balaban J connectivity index is 2.11. The third kappa shape index (κ3) is 1.92. The Morgan fingerprint density at radius 2 is 2.12 bits per heavy atom. The van der Waals surface area contributed by atoms with Crippen molar-refractivity contribution in [2.24, 2.45) is 0 Å². The van der Waals surface area contributed by atoms with Gasteiger partial charge in [0.05, 0.1) is 0 Å². The van der Waals surface area contributed by atoms with E-state index in [1.807, 2.05) is 22.6 Å². The van der Waals surface area contributed by atoms with Gasteiger partial charge in [0.25, 0.3) is 0 Å². The summed E-state index contributed by atoms with van der Waals surface area (Å²) in [5.41, 5.74) is -2.94. The molecule has 96 valence electrons. The molecule has 7 heteroatoms. The highest BCUT2D eigenvalue weighted by atomic mass is 127. The highest BCUT2D eigenvalue weighted by Gasteiger charge is 2.84. The van der Waals surface area contributed by atoms with Crippen LogP contribution in [-0.4, -0.2) is 40.0 Å². The van der Waals surface area contributed by atoms with Crippen LogP contribution in [0.5, 0.6) is 0 Å². The van der Waals surface area contributed by atoms with Crippen LogP contribution in [0.25, 0.3) is 0 Å². The molecule has 1 saturated heterocycles. The van der Waals surface area contributed by atoms with Gasteiger partial charge in [-0.2, -0.15) is 0 Å². The van der Waals surface area contributed by atoms with Crippen LogP contribution < -0.4 is 0 Å². The number of carbonyl (C=O) groups excluding carboxylic acids is 2. The molecule has 2 fully saturated rings. The van der Waals surface area contributed by atoms with Crippen LogP contribution in [0, 0.1) is 0 Å². The monoisotopic (exact) mass is 358 g/mol. The smallest absolute Gasteiger partial charge is 0.303 e. The number of alkyl halides is 2. The minimum absolute atomic E-state index is 0.0963. The number of hydrogen-bond donors (Lipinski definition) is 0. The van der Waals surface area contributed by atoms with Gasteiger partial charge in [0, 0.05) is 20.3 Å². The van der Waals surface area contributed by atoms with Crippen molar-refractivity contribution in [3.63, 3.8) is 0 Å². The van der Waals surface area contributed by atoms with E-state index in [4.69, 9.17) is 14.2 Å². The third-order valence-corrected chi connectivity index (χ3v) is 4.31. The Kier molecular flexibility index (Phi) is 3.09. The van der Waals surface area contributed by atoms with Gasteiger partial charge in [-0.05, 0) is 22.6 Å². The zero-order valence-corrected chi connectivity index (χ0v) is 11.5. The average Bonchev–Trinajstić information content (AvgIpc) is 2.73. The van der Waals surface area contributed by atoms with Crippen LogP contribution in [0.3, 0.4) is 0 Å². The van der Waals surface area contributed by atoms with Crippen molar-refractivity contribution in [1.29, 1.82) is 0 Å². The molecule has 1 aliphatic carbocycles. The standard InChI is InChI=1S/C10H12FIO5/c1-5(13)15-3-7-10(17-6(2)14)4-9(10,11)8(12)16-7/h7-8H,3-4H2,1-2H3/t7-,8-,9?,10?/m1/s1. The lowest BCUT2D eigenvalue weighted by atomic mass is 10.1. The quantitative estimate of drug-likeness (QED) is 0.430. The lowest BCUT2D eigenvalue weighted by molar-refractivity contribution is -0.160. The molecular weight excluding hydrogens is 346 g/mol. The second-order valence-corrected chi connectivity index (χ2v) is 5.40. The van der Waals surface area contributed by atoms with Gasteiger partial charge in [-0.1, -0.05) is 0 Å². The van der Waals surface area contributed by atoms with Crippen molar-refractivity contribution in [3.8, 4) is 0 Å². The molecule has 0 amide bonds. The summed E-state index contributed by atoms with van der Waals surface area (Å²) in [6, 6.07) is 0. The topological polar surface area (TPSA) is 61.8 Å². The Morgan fingerprint density at radius 3 is 2.59 bits per heavy atom. The minimum atomic E-state index is -1.66. The second-order valence-electron chi connectivity index (χ2n) is 4.27. The summed E-state index contributed by atoms with van der Waals surface area (Å²) in [5.74, 6) is -1.04. The number of rotatable bonds is 3. The fourth-order valence-electron chi connectivity index (χ4n) is 2.16. The van der Waals surface area contributed by atoms with E-state index in [1.54, 1.807) is 0 Å². The predicted octanol–water partition coefficient (Wildman–Crippen LogP) is 1.12. The van der Waals surface area contributed by atoms with Crippen LogP contribution in [0.15, 0.2) is 0 Å². The van der Waals surface area contributed by atoms with Gasteiger partial charge in [-0.15, -0.1) is 0 Å². The maximum Gasteiger partial charge on any atom is 0.303 e. The van der Waals surface area contributed by atoms with Crippen LogP contribution >= 0.6 is 22.6 Å². The molecule has 0 radical (unpaired) electrons. The molecule has 1 aliphatic heterocycles. The second kappa shape index (κ2) is 4.04. The van der Waals surface area contributed by atoms with Crippen molar-refractivity contribution in [2.45, 2.75) is 41.8 Å². The number of carbonyl (C=O) groups is 2. The Labute approximate surface area is 111 Å². The van der Waals surface area contributed by atoms with Crippen molar-refractivity contribution < 1.29 is 28.2 Å². The maximum atomic E-state index is 14.3. The van der Waals surface area contributed by atoms with Crippen LogP contribution in [0.1, 0.15) is 20.3 Å². The fourth-order valence-corrected chi connectivity index (χ4v) is 3.27. The first-order chi connectivity index (χ1) is 7.82. The zero-order valence-electron chi connectivity index (χ0n) is 9.37. The first-order valence-corrected chi connectivity index (χ1v) is 6.38. The van der Waals surface area contributed by atoms with Crippen molar-refractivity contribution in [2.75, 3.05) is 6.61 Å². The van der Waals surface area contributed by atoms with Crippen molar-refractivity contribution >= 4 is 34.5 Å². The van der Waals surface area contributed by atoms with Gasteiger partial charge in [0.15, 0.2) is 11.3 Å². The van der Waals surface area contributed by atoms with Crippen LogP contribution in [-0.2, 0) is 23.8 Å². The Bertz CT molecular complexity index is 376. The highest BCUT2D eigenvalue weighted by Crippen LogP contribution is 2.66. The summed E-state index contributed by atoms with van der Waals surface area (Å²) in [4.78, 5) is 21.7. The van der Waals surface area contributed by atoms with E-state index in [2.05, 4.69) is 0 Å². The number of hydrogen-bond acceptors (Lipinski definition) is 5. The van der Waals surface area contributed by atoms with E-state index in [9.17, 15) is 14.0 Å². The molecule has 17 heavy (non-hydrogen) atoms. The molecule has 4 atom stereocenters. The van der Waals surface area contributed by atoms with E-state index in [0.717, 1.165) is 0 Å². The average molecular weight is 358 g/mol. The molecular formula is C10H12FIO5. The summed E-state index contributed by atoms with van der Waals surface area (Å²) < 4.78 is 28.8. The number of esters is 2. The molecule has 2 aliphatic rings. The summed E-state index contributed by atoms with van der Waals surface area (Å²) >= 11 is 1.82. The van der Waals surface area contributed by atoms with Gasteiger partial charge in [-0.25, -0.2) is 4.39 Å². The zero-order chi connectivity index (χ0) is 12.8. The molecule has 2 rings (SSSR count). The minimum Gasteiger partial charge on any atom is -0.463 e. The number of halogens is 2. The molecule has 0 N–H and O–H groups in total. The van der Waals surface area contributed by atoms with Crippen LogP contribution in [0.2, 0.25) is 0 Å². The molecule has 0 aromatic carbocycles. The van der Waals surface area contributed by atoms with E-state index in [1.165, 1.54) is 13.8 Å². The van der Waals surface area contributed by atoms with E-state index >= 15 is 0 Å². The summed E-state index contributed by atoms with van der Waals surface area (Å²) in [5, 5.41) is 0. The molecule has 1 saturated carbocycles. The van der Waals surface area contributed by atoms with E-state index in [-0.39, 0.29) is 13.0 Å². The van der Waals surface area contributed by atoms with Crippen molar-refractivity contribution in [3.05, 3.63) is 0 Å². The Hall–Kier alpha value is -0.440. The predicted molar refractivity (Wildman–Crippen MR) is 62.3 cm³/mol. The number of fused-ring (bicyclic) bond motifs is 1. The first kappa shape index (κ1) is 13.0. The maximum absolute atomic E-state index is 14.3. The number of ether oxygens (including phenoxy) is 3. The van der Waals surface area contributed by atoms with E-state index in [0.29, 0.717) is 0 Å². The van der Waals surface area contributed by atoms with Gasteiger partial charge in [0.1, 0.15) is 16.8 Å². The molecule has 5 nitrogen and oxygen atoms in total. The fraction of sp³-hybridized carbons (Fsp3) is 0.800. The lowest BCUT2D eigenvalue weighted by Crippen LogP contribution is -2.38. The summed E-state index contributed by atoms with van der Waals surface area (Å²) in [6.07, 6.45) is -0.638. The van der Waals surface area contributed by atoms with Crippen molar-refractivity contribution in [1.82, 2.24) is 0 Å². The molecule has 0 aromatic rings. The molecule has 0 bridgehead atoms. The normalized spacial score (nSPS) is 42.8. The first-order valence-electron chi connectivity index (χ1n) is 5.13. The largest absolute Gasteiger partial charge is 0.463 e. The van der Waals surface area contributed by atoms with Gasteiger partial charge >= 0.3 is 11.9 Å². The molecule has 1 heterocycles. The SMILES string of the molecule is CC(=O)OC[C@H]1O[C@@H](I)C2(F)CC12OC(C)=O. The van der Waals surface area contributed by atoms with Gasteiger partial charge in [-0.3, -0.25) is 9.59 Å². The Morgan fingerprint density at radius 1 is 1.47 bits per heavy atom. The molecule has 2 unspecified atom stereocenters. The summed E-state index contributed by atoms with van der Waals surface area (Å²) in [6.45, 7) is 2.37. The van der Waals surface area contributed by atoms with Crippen LogP contribution in [0.4, 0.5) is 4.39 Å². The van der Waals surface area contributed by atoms with E-state index < -0.39 is 33.4 Å². The molecule has 0 spiro atoms. The van der Waals surface area contributed by atoms with Gasteiger partial charge in [0.2, 0.25) is 0 Å².